The largest absolute Gasteiger partial charge is 0.449 e. The maximum atomic E-state index is 12.3. The summed E-state index contributed by atoms with van der Waals surface area (Å²) in [6.07, 6.45) is 0.591. The Kier molecular flexibility index (Phi) is 3.91. The van der Waals surface area contributed by atoms with Gasteiger partial charge in [-0.3, -0.25) is 4.79 Å². The van der Waals surface area contributed by atoms with Gasteiger partial charge in [-0.25, -0.2) is 8.42 Å². The second kappa shape index (κ2) is 5.59. The van der Waals surface area contributed by atoms with Gasteiger partial charge in [-0.05, 0) is 25.3 Å². The Morgan fingerprint density at radius 3 is 2.86 bits per heavy atom. The van der Waals surface area contributed by atoms with E-state index in [4.69, 9.17) is 16.0 Å². The predicted molar refractivity (Wildman–Crippen MR) is 85.1 cm³/mol. The minimum Gasteiger partial charge on any atom is -0.449 e. The van der Waals surface area contributed by atoms with Crippen LogP contribution in [0.3, 0.4) is 0 Å². The molecule has 1 aliphatic heterocycles. The summed E-state index contributed by atoms with van der Waals surface area (Å²) in [6.45, 7) is 2.14. The van der Waals surface area contributed by atoms with Crippen molar-refractivity contribution in [1.29, 1.82) is 0 Å². The molecule has 0 unspecified atom stereocenters. The van der Waals surface area contributed by atoms with E-state index < -0.39 is 9.84 Å². The molecule has 118 valence electrons. The van der Waals surface area contributed by atoms with Crippen molar-refractivity contribution in [3.05, 3.63) is 34.5 Å². The van der Waals surface area contributed by atoms with Crippen LogP contribution in [0.5, 0.6) is 0 Å². The third kappa shape index (κ3) is 2.85. The molecule has 7 heteroatoms. The first-order valence-electron chi connectivity index (χ1n) is 7.03. The maximum absolute atomic E-state index is 12.3. The van der Waals surface area contributed by atoms with Crippen LogP contribution in [0.1, 0.15) is 22.5 Å². The van der Waals surface area contributed by atoms with Crippen molar-refractivity contribution in [2.24, 2.45) is 5.92 Å². The van der Waals surface area contributed by atoms with Crippen molar-refractivity contribution >= 4 is 38.3 Å². The first kappa shape index (κ1) is 15.4. The number of rotatable bonds is 3. The number of fused-ring (bicyclic) bond motifs is 1. The summed E-state index contributed by atoms with van der Waals surface area (Å²) in [4.78, 5) is 12.3. The van der Waals surface area contributed by atoms with E-state index in [9.17, 15) is 13.2 Å². The van der Waals surface area contributed by atoms with Crippen LogP contribution in [0.4, 0.5) is 0 Å². The molecule has 1 fully saturated rings. The molecule has 1 atom stereocenters. The summed E-state index contributed by atoms with van der Waals surface area (Å²) < 4.78 is 28.4. The number of halogens is 1. The molecule has 0 saturated carbocycles. The monoisotopic (exact) mass is 341 g/mol. The van der Waals surface area contributed by atoms with Crippen molar-refractivity contribution in [3.63, 3.8) is 0 Å². The van der Waals surface area contributed by atoms with Crippen LogP contribution in [-0.2, 0) is 9.84 Å². The molecule has 0 spiro atoms. The lowest BCUT2D eigenvalue weighted by atomic mass is 10.1. The van der Waals surface area contributed by atoms with E-state index in [-0.39, 0.29) is 29.1 Å². The van der Waals surface area contributed by atoms with Crippen molar-refractivity contribution < 1.29 is 17.6 Å². The van der Waals surface area contributed by atoms with Gasteiger partial charge in [0.2, 0.25) is 0 Å². The minimum absolute atomic E-state index is 0.0257. The van der Waals surface area contributed by atoms with Gasteiger partial charge in [0.1, 0.15) is 0 Å². The van der Waals surface area contributed by atoms with Crippen LogP contribution >= 0.6 is 11.6 Å². The fourth-order valence-electron chi connectivity index (χ4n) is 2.78. The van der Waals surface area contributed by atoms with Gasteiger partial charge in [-0.1, -0.05) is 23.7 Å². The van der Waals surface area contributed by atoms with E-state index in [0.717, 1.165) is 10.9 Å². The van der Waals surface area contributed by atoms with Crippen molar-refractivity contribution in [2.75, 3.05) is 18.1 Å². The maximum Gasteiger partial charge on any atom is 0.287 e. The number of para-hydroxylation sites is 1. The van der Waals surface area contributed by atoms with Crippen LogP contribution in [0.2, 0.25) is 5.02 Å². The molecule has 3 rings (SSSR count). The number of carbonyl (C=O) groups is 1. The lowest BCUT2D eigenvalue weighted by molar-refractivity contribution is 0.0922. The van der Waals surface area contributed by atoms with Crippen LogP contribution in [0.25, 0.3) is 11.0 Å². The molecule has 2 aromatic rings. The van der Waals surface area contributed by atoms with Gasteiger partial charge in [-0.2, -0.15) is 0 Å². The molecule has 1 aliphatic rings. The fourth-order valence-corrected chi connectivity index (χ4v) is 4.85. The molecule has 1 saturated heterocycles. The van der Waals surface area contributed by atoms with Crippen molar-refractivity contribution in [2.45, 2.75) is 13.3 Å². The molecule has 2 heterocycles. The SMILES string of the molecule is Cc1c(C(=O)NC[C@@H]2CCS(=O)(=O)C2)oc2c(Cl)cccc12. The van der Waals surface area contributed by atoms with E-state index in [1.807, 2.05) is 6.07 Å². The number of hydrogen-bond acceptors (Lipinski definition) is 4. The molecule has 0 bridgehead atoms. The summed E-state index contributed by atoms with van der Waals surface area (Å²) in [6, 6.07) is 5.36. The lowest BCUT2D eigenvalue weighted by Crippen LogP contribution is -2.29. The third-order valence-electron chi connectivity index (χ3n) is 4.00. The Morgan fingerprint density at radius 1 is 1.45 bits per heavy atom. The number of carbonyl (C=O) groups excluding carboxylic acids is 1. The van der Waals surface area contributed by atoms with Gasteiger partial charge < -0.3 is 9.73 Å². The number of sulfone groups is 1. The van der Waals surface area contributed by atoms with Gasteiger partial charge >= 0.3 is 0 Å². The van der Waals surface area contributed by atoms with E-state index in [0.29, 0.717) is 23.6 Å². The highest BCUT2D eigenvalue weighted by Crippen LogP contribution is 2.30. The van der Waals surface area contributed by atoms with Gasteiger partial charge in [0.15, 0.2) is 21.2 Å². The highest BCUT2D eigenvalue weighted by Gasteiger charge is 2.28. The van der Waals surface area contributed by atoms with Gasteiger partial charge in [0.05, 0.1) is 16.5 Å². The quantitative estimate of drug-likeness (QED) is 0.930. The summed E-state index contributed by atoms with van der Waals surface area (Å²) in [7, 11) is -2.93. The Morgan fingerprint density at radius 2 is 2.23 bits per heavy atom. The van der Waals surface area contributed by atoms with E-state index in [1.165, 1.54) is 0 Å². The van der Waals surface area contributed by atoms with E-state index in [1.54, 1.807) is 19.1 Å². The zero-order valence-electron chi connectivity index (χ0n) is 12.1. The predicted octanol–water partition coefficient (Wildman–Crippen LogP) is 2.56. The Hall–Kier alpha value is -1.53. The smallest absolute Gasteiger partial charge is 0.287 e. The number of furan rings is 1. The fraction of sp³-hybridized carbons (Fsp3) is 0.400. The number of nitrogens with one attached hydrogen (secondary N) is 1. The molecule has 1 aromatic carbocycles. The molecular formula is C15H16ClNO4S. The molecule has 0 radical (unpaired) electrons. The number of aryl methyl sites for hydroxylation is 1. The Labute approximate surface area is 133 Å². The second-order valence-electron chi connectivity index (χ2n) is 5.65. The van der Waals surface area contributed by atoms with Gasteiger partial charge in [0, 0.05) is 17.5 Å². The average Bonchev–Trinajstić information content (AvgIpc) is 2.98. The molecule has 5 nitrogen and oxygen atoms in total. The topological polar surface area (TPSA) is 76.4 Å². The standard InChI is InChI=1S/C15H16ClNO4S/c1-9-11-3-2-4-12(16)14(11)21-13(9)15(18)17-7-10-5-6-22(19,20)8-10/h2-4,10H,5-8H2,1H3,(H,17,18)/t10-/m0/s1. The zero-order valence-corrected chi connectivity index (χ0v) is 13.6. The highest BCUT2D eigenvalue weighted by atomic mass is 35.5. The summed E-state index contributed by atoms with van der Waals surface area (Å²) >= 11 is 6.07. The average molecular weight is 342 g/mol. The molecule has 1 N–H and O–H groups in total. The summed E-state index contributed by atoms with van der Waals surface area (Å²) in [5.41, 5.74) is 1.23. The van der Waals surface area contributed by atoms with Crippen molar-refractivity contribution in [3.8, 4) is 0 Å². The van der Waals surface area contributed by atoms with Crippen LogP contribution in [0.15, 0.2) is 22.6 Å². The number of benzene rings is 1. The Bertz CT molecular complexity index is 841. The van der Waals surface area contributed by atoms with E-state index in [2.05, 4.69) is 5.32 Å². The number of hydrogen-bond donors (Lipinski definition) is 1. The van der Waals surface area contributed by atoms with E-state index >= 15 is 0 Å². The Balaban J connectivity index is 1.76. The van der Waals surface area contributed by atoms with Gasteiger partial charge in [-0.15, -0.1) is 0 Å². The molecular weight excluding hydrogens is 326 g/mol. The van der Waals surface area contributed by atoms with Crippen LogP contribution in [-0.4, -0.2) is 32.4 Å². The minimum atomic E-state index is -2.93. The summed E-state index contributed by atoms with van der Waals surface area (Å²) in [5.74, 6) is 0.200. The summed E-state index contributed by atoms with van der Waals surface area (Å²) in [5, 5.41) is 4.03. The van der Waals surface area contributed by atoms with Gasteiger partial charge in [0.25, 0.3) is 5.91 Å². The van der Waals surface area contributed by atoms with Crippen LogP contribution < -0.4 is 5.32 Å². The normalized spacial score (nSPS) is 20.4. The molecule has 1 amide bonds. The van der Waals surface area contributed by atoms with Crippen LogP contribution in [0, 0.1) is 12.8 Å². The first-order valence-corrected chi connectivity index (χ1v) is 9.23. The molecule has 1 aromatic heterocycles. The first-order chi connectivity index (χ1) is 10.4. The highest BCUT2D eigenvalue weighted by molar-refractivity contribution is 7.91. The second-order valence-corrected chi connectivity index (χ2v) is 8.29. The lowest BCUT2D eigenvalue weighted by Gasteiger charge is -2.08. The molecule has 0 aliphatic carbocycles. The zero-order chi connectivity index (χ0) is 15.9. The molecule has 22 heavy (non-hydrogen) atoms. The number of amides is 1. The van der Waals surface area contributed by atoms with Crippen molar-refractivity contribution in [1.82, 2.24) is 5.32 Å². The third-order valence-corrected chi connectivity index (χ3v) is 6.13.